The summed E-state index contributed by atoms with van der Waals surface area (Å²) in [5, 5.41) is 2.89. The Morgan fingerprint density at radius 2 is 2.20 bits per heavy atom. The van der Waals surface area contributed by atoms with Crippen LogP contribution in [0.3, 0.4) is 0 Å². The van der Waals surface area contributed by atoms with Crippen LogP contribution in [0.4, 0.5) is 0 Å². The number of oxazole rings is 1. The van der Waals surface area contributed by atoms with Crippen molar-refractivity contribution in [2.75, 3.05) is 0 Å². The van der Waals surface area contributed by atoms with Gasteiger partial charge in [0.25, 0.3) is 5.89 Å². The van der Waals surface area contributed by atoms with Crippen LogP contribution in [-0.2, 0) is 0 Å². The topological polar surface area (TPSA) is 81.1 Å². The van der Waals surface area contributed by atoms with Gasteiger partial charge >= 0.3 is 5.91 Å². The third-order valence-electron chi connectivity index (χ3n) is 2.73. The highest BCUT2D eigenvalue weighted by molar-refractivity contribution is 5.89. The summed E-state index contributed by atoms with van der Waals surface area (Å²) in [5.74, 6) is -0.106. The fourth-order valence-electron chi connectivity index (χ4n) is 1.85. The third-order valence-corrected chi connectivity index (χ3v) is 2.73. The Morgan fingerprint density at radius 3 is 2.80 bits per heavy atom. The fourth-order valence-corrected chi connectivity index (χ4v) is 1.85. The molecule has 0 radical (unpaired) electrons. The lowest BCUT2D eigenvalue weighted by Gasteiger charge is -2.26. The molecular formula is C10H15N3O2. The molecule has 1 aliphatic carbocycles. The molecule has 82 valence electrons. The van der Waals surface area contributed by atoms with Gasteiger partial charge in [0.1, 0.15) is 6.26 Å². The first kappa shape index (κ1) is 10.2. The van der Waals surface area contributed by atoms with Crippen molar-refractivity contribution in [3.05, 3.63) is 18.4 Å². The molecule has 0 bridgehead atoms. The monoisotopic (exact) mass is 209 g/mol. The van der Waals surface area contributed by atoms with E-state index in [2.05, 4.69) is 10.3 Å². The molecule has 5 heteroatoms. The summed E-state index contributed by atoms with van der Waals surface area (Å²) < 4.78 is 4.91. The van der Waals surface area contributed by atoms with Crippen molar-refractivity contribution >= 4 is 5.91 Å². The molecule has 1 amide bonds. The summed E-state index contributed by atoms with van der Waals surface area (Å²) in [5.41, 5.74) is 5.78. The standard InChI is InChI=1S/C10H15N3O2/c11-7-1-3-8(4-2-7)13-9(14)10-12-5-6-15-10/h5-8H,1-4,11H2,(H,13,14). The van der Waals surface area contributed by atoms with Crippen molar-refractivity contribution in [1.29, 1.82) is 0 Å². The van der Waals surface area contributed by atoms with Crippen LogP contribution >= 0.6 is 0 Å². The number of aromatic nitrogens is 1. The minimum atomic E-state index is -0.236. The molecule has 5 nitrogen and oxygen atoms in total. The zero-order valence-corrected chi connectivity index (χ0v) is 8.48. The van der Waals surface area contributed by atoms with Crippen LogP contribution in [0.1, 0.15) is 36.4 Å². The number of hydrogen-bond donors (Lipinski definition) is 2. The van der Waals surface area contributed by atoms with Crippen molar-refractivity contribution in [3.63, 3.8) is 0 Å². The molecule has 0 aliphatic heterocycles. The maximum Gasteiger partial charge on any atom is 0.307 e. The average Bonchev–Trinajstić information content (AvgIpc) is 2.74. The Bertz CT molecular complexity index is 315. The summed E-state index contributed by atoms with van der Waals surface area (Å²) in [6.45, 7) is 0. The molecular weight excluding hydrogens is 194 g/mol. The van der Waals surface area contributed by atoms with E-state index >= 15 is 0 Å². The first-order valence-electron chi connectivity index (χ1n) is 5.21. The summed E-state index contributed by atoms with van der Waals surface area (Å²) in [4.78, 5) is 15.4. The number of carbonyl (C=O) groups is 1. The van der Waals surface area contributed by atoms with Crippen molar-refractivity contribution in [1.82, 2.24) is 10.3 Å². The van der Waals surface area contributed by atoms with E-state index in [1.165, 1.54) is 12.5 Å². The fraction of sp³-hybridized carbons (Fsp3) is 0.600. The van der Waals surface area contributed by atoms with Gasteiger partial charge in [-0.25, -0.2) is 4.98 Å². The van der Waals surface area contributed by atoms with Crippen LogP contribution in [0.2, 0.25) is 0 Å². The maximum absolute atomic E-state index is 11.6. The lowest BCUT2D eigenvalue weighted by atomic mass is 9.92. The minimum Gasteiger partial charge on any atom is -0.441 e. The minimum absolute atomic E-state index is 0.130. The SMILES string of the molecule is NC1CCC(NC(=O)c2ncco2)CC1. The lowest BCUT2D eigenvalue weighted by Crippen LogP contribution is -2.40. The Morgan fingerprint density at radius 1 is 1.47 bits per heavy atom. The van der Waals surface area contributed by atoms with Gasteiger partial charge < -0.3 is 15.5 Å². The Kier molecular flexibility index (Phi) is 3.01. The number of nitrogens with one attached hydrogen (secondary N) is 1. The van der Waals surface area contributed by atoms with Crippen molar-refractivity contribution < 1.29 is 9.21 Å². The molecule has 0 atom stereocenters. The lowest BCUT2D eigenvalue weighted by molar-refractivity contribution is 0.0890. The third kappa shape index (κ3) is 2.56. The van der Waals surface area contributed by atoms with Crippen LogP contribution < -0.4 is 11.1 Å². The van der Waals surface area contributed by atoms with E-state index in [9.17, 15) is 4.79 Å². The number of nitrogens with two attached hydrogens (primary N) is 1. The van der Waals surface area contributed by atoms with Gasteiger partial charge in [-0.05, 0) is 25.7 Å². The van der Waals surface area contributed by atoms with Crippen molar-refractivity contribution in [2.24, 2.45) is 5.73 Å². The average molecular weight is 209 g/mol. The van der Waals surface area contributed by atoms with Gasteiger partial charge in [-0.15, -0.1) is 0 Å². The van der Waals surface area contributed by atoms with E-state index in [-0.39, 0.29) is 17.8 Å². The second-order valence-electron chi connectivity index (χ2n) is 3.92. The van der Waals surface area contributed by atoms with Crippen LogP contribution in [0.5, 0.6) is 0 Å². The molecule has 1 aliphatic rings. The van der Waals surface area contributed by atoms with Crippen LogP contribution in [0.15, 0.2) is 16.9 Å². The number of hydrogen-bond acceptors (Lipinski definition) is 4. The summed E-state index contributed by atoms with van der Waals surface area (Å²) in [6.07, 6.45) is 6.67. The highest BCUT2D eigenvalue weighted by Crippen LogP contribution is 2.17. The van der Waals surface area contributed by atoms with Gasteiger partial charge in [-0.1, -0.05) is 0 Å². The van der Waals surface area contributed by atoms with E-state index in [1.807, 2.05) is 0 Å². The zero-order valence-electron chi connectivity index (χ0n) is 8.48. The number of nitrogens with zero attached hydrogens (tertiary/aromatic N) is 1. The number of rotatable bonds is 2. The number of amides is 1. The first-order chi connectivity index (χ1) is 7.25. The Hall–Kier alpha value is -1.36. The second-order valence-corrected chi connectivity index (χ2v) is 3.92. The summed E-state index contributed by atoms with van der Waals surface area (Å²) in [6, 6.07) is 0.504. The van der Waals surface area contributed by atoms with Gasteiger partial charge in [-0.3, -0.25) is 4.79 Å². The normalized spacial score (nSPS) is 26.2. The van der Waals surface area contributed by atoms with E-state index in [1.54, 1.807) is 0 Å². The van der Waals surface area contributed by atoms with Crippen molar-refractivity contribution in [3.8, 4) is 0 Å². The first-order valence-corrected chi connectivity index (χ1v) is 5.21. The molecule has 1 aromatic rings. The zero-order chi connectivity index (χ0) is 10.7. The molecule has 1 fully saturated rings. The van der Waals surface area contributed by atoms with Crippen LogP contribution in [0, 0.1) is 0 Å². The second kappa shape index (κ2) is 4.44. The quantitative estimate of drug-likeness (QED) is 0.750. The highest BCUT2D eigenvalue weighted by atomic mass is 16.3. The summed E-state index contributed by atoms with van der Waals surface area (Å²) in [7, 11) is 0. The smallest absolute Gasteiger partial charge is 0.307 e. The molecule has 0 saturated heterocycles. The molecule has 3 N–H and O–H groups in total. The predicted molar refractivity (Wildman–Crippen MR) is 54.2 cm³/mol. The van der Waals surface area contributed by atoms with Gasteiger partial charge in [-0.2, -0.15) is 0 Å². The van der Waals surface area contributed by atoms with Crippen LogP contribution in [0.25, 0.3) is 0 Å². The van der Waals surface area contributed by atoms with E-state index < -0.39 is 0 Å². The van der Waals surface area contributed by atoms with Gasteiger partial charge in [0.05, 0.1) is 6.20 Å². The van der Waals surface area contributed by atoms with Gasteiger partial charge in [0.15, 0.2) is 0 Å². The molecule has 15 heavy (non-hydrogen) atoms. The molecule has 1 heterocycles. The molecule has 2 rings (SSSR count). The molecule has 0 aromatic carbocycles. The highest BCUT2D eigenvalue weighted by Gasteiger charge is 2.21. The molecule has 1 aromatic heterocycles. The van der Waals surface area contributed by atoms with Crippen LogP contribution in [-0.4, -0.2) is 23.0 Å². The Labute approximate surface area is 88.0 Å². The van der Waals surface area contributed by atoms with Gasteiger partial charge in [0.2, 0.25) is 0 Å². The van der Waals surface area contributed by atoms with E-state index in [4.69, 9.17) is 10.2 Å². The Balaban J connectivity index is 1.85. The van der Waals surface area contributed by atoms with Gasteiger partial charge in [0, 0.05) is 12.1 Å². The summed E-state index contributed by atoms with van der Waals surface area (Å²) >= 11 is 0. The van der Waals surface area contributed by atoms with E-state index in [0.29, 0.717) is 6.04 Å². The van der Waals surface area contributed by atoms with Crippen molar-refractivity contribution in [2.45, 2.75) is 37.8 Å². The molecule has 0 unspecified atom stereocenters. The molecule has 1 saturated carbocycles. The maximum atomic E-state index is 11.6. The number of carbonyl (C=O) groups excluding carboxylic acids is 1. The molecule has 0 spiro atoms. The van der Waals surface area contributed by atoms with E-state index in [0.717, 1.165) is 25.7 Å². The predicted octanol–water partition coefficient (Wildman–Crippen LogP) is 0.674. The largest absolute Gasteiger partial charge is 0.441 e.